The van der Waals surface area contributed by atoms with Crippen LogP contribution in [-0.2, 0) is 9.53 Å². The van der Waals surface area contributed by atoms with Crippen molar-refractivity contribution >= 4 is 34.7 Å². The van der Waals surface area contributed by atoms with Crippen LogP contribution in [0.4, 0.5) is 0 Å². The molecule has 2 aromatic rings. The van der Waals surface area contributed by atoms with Crippen molar-refractivity contribution in [3.8, 4) is 5.88 Å². The molecule has 0 radical (unpaired) electrons. The molecule has 5 rings (SSSR count). The van der Waals surface area contributed by atoms with E-state index in [2.05, 4.69) is 22.1 Å². The molecule has 3 aliphatic carbocycles. The lowest BCUT2D eigenvalue weighted by Crippen LogP contribution is -2.45. The zero-order valence-corrected chi connectivity index (χ0v) is 16.4. The second-order valence-electron chi connectivity index (χ2n) is 7.71. The van der Waals surface area contributed by atoms with Gasteiger partial charge in [0.2, 0.25) is 5.88 Å². The Balaban J connectivity index is 1.65. The highest BCUT2D eigenvalue weighted by Crippen LogP contribution is 2.58. The summed E-state index contributed by atoms with van der Waals surface area (Å²) in [6.07, 6.45) is 11.7. The molecule has 0 spiro atoms. The largest absolute Gasteiger partial charge is 0.481 e. The number of pyridine rings is 2. The van der Waals surface area contributed by atoms with E-state index in [1.165, 1.54) is 7.11 Å². The standard InChI is InChI=1S/C21H23ClN2O3/c1-26-17-4-3-16-18(24-17)14(15(22)13-23-16)5-6-20-7-10-21(11-8-20,12-9-20)19(25)27-2/h3-6,13H,7-12H2,1-2H3. The van der Waals surface area contributed by atoms with Gasteiger partial charge in [-0.3, -0.25) is 9.78 Å². The van der Waals surface area contributed by atoms with Crippen molar-refractivity contribution in [2.75, 3.05) is 14.2 Å². The topological polar surface area (TPSA) is 61.3 Å². The van der Waals surface area contributed by atoms with Gasteiger partial charge in [-0.2, -0.15) is 0 Å². The lowest BCUT2D eigenvalue weighted by molar-refractivity contribution is -0.161. The second-order valence-corrected chi connectivity index (χ2v) is 8.12. The zero-order valence-electron chi connectivity index (χ0n) is 15.6. The molecule has 3 aliphatic rings. The van der Waals surface area contributed by atoms with Crippen molar-refractivity contribution in [3.63, 3.8) is 0 Å². The fourth-order valence-electron chi connectivity index (χ4n) is 4.56. The first-order valence-electron chi connectivity index (χ1n) is 9.28. The summed E-state index contributed by atoms with van der Waals surface area (Å²) in [4.78, 5) is 21.1. The monoisotopic (exact) mass is 386 g/mol. The van der Waals surface area contributed by atoms with Gasteiger partial charge in [0.15, 0.2) is 0 Å². The molecule has 2 heterocycles. The minimum absolute atomic E-state index is 0.0424. The van der Waals surface area contributed by atoms with E-state index in [1.54, 1.807) is 19.4 Å². The highest BCUT2D eigenvalue weighted by molar-refractivity contribution is 6.32. The number of hydrogen-bond donors (Lipinski definition) is 0. The summed E-state index contributed by atoms with van der Waals surface area (Å²) in [5, 5.41) is 0.575. The smallest absolute Gasteiger partial charge is 0.311 e. The van der Waals surface area contributed by atoms with Gasteiger partial charge in [-0.05, 0) is 50.0 Å². The molecule has 0 amide bonds. The number of rotatable bonds is 4. The van der Waals surface area contributed by atoms with Crippen molar-refractivity contribution in [2.45, 2.75) is 38.5 Å². The van der Waals surface area contributed by atoms with E-state index in [-0.39, 0.29) is 16.8 Å². The van der Waals surface area contributed by atoms with Gasteiger partial charge < -0.3 is 9.47 Å². The van der Waals surface area contributed by atoms with Crippen LogP contribution in [0.2, 0.25) is 5.02 Å². The van der Waals surface area contributed by atoms with E-state index in [1.807, 2.05) is 6.07 Å². The molecule has 142 valence electrons. The molecule has 2 aromatic heterocycles. The summed E-state index contributed by atoms with van der Waals surface area (Å²) in [7, 11) is 3.09. The number of halogens is 1. The van der Waals surface area contributed by atoms with Gasteiger partial charge in [0.25, 0.3) is 0 Å². The normalized spacial score (nSPS) is 27.2. The van der Waals surface area contributed by atoms with Crippen LogP contribution < -0.4 is 4.74 Å². The third-order valence-electron chi connectivity index (χ3n) is 6.41. The minimum Gasteiger partial charge on any atom is -0.481 e. The van der Waals surface area contributed by atoms with Crippen LogP contribution in [0, 0.1) is 10.8 Å². The highest BCUT2D eigenvalue weighted by Gasteiger charge is 2.52. The van der Waals surface area contributed by atoms with E-state index in [0.717, 1.165) is 55.1 Å². The zero-order chi connectivity index (χ0) is 19.1. The quantitative estimate of drug-likeness (QED) is 0.705. The van der Waals surface area contributed by atoms with Crippen LogP contribution >= 0.6 is 11.6 Å². The highest BCUT2D eigenvalue weighted by atomic mass is 35.5. The number of carbonyl (C=O) groups excluding carboxylic acids is 1. The predicted molar refractivity (Wildman–Crippen MR) is 105 cm³/mol. The number of methoxy groups -OCH3 is 2. The molecule has 0 unspecified atom stereocenters. The van der Waals surface area contributed by atoms with Crippen LogP contribution in [0.5, 0.6) is 5.88 Å². The molecule has 2 bridgehead atoms. The van der Waals surface area contributed by atoms with Gasteiger partial charge in [-0.1, -0.05) is 23.8 Å². The number of aromatic nitrogens is 2. The summed E-state index contributed by atoms with van der Waals surface area (Å²) >= 11 is 6.44. The first kappa shape index (κ1) is 18.2. The number of ether oxygens (including phenoxy) is 2. The first-order chi connectivity index (χ1) is 13.0. The Hall–Kier alpha value is -2.14. The Morgan fingerprint density at radius 1 is 1.15 bits per heavy atom. The molecule has 0 saturated heterocycles. The maximum atomic E-state index is 12.2. The van der Waals surface area contributed by atoms with Crippen LogP contribution in [0.1, 0.15) is 44.1 Å². The van der Waals surface area contributed by atoms with Gasteiger partial charge in [0.05, 0.1) is 30.2 Å². The number of esters is 1. The van der Waals surface area contributed by atoms with Gasteiger partial charge in [0.1, 0.15) is 5.52 Å². The predicted octanol–water partition coefficient (Wildman–Crippen LogP) is 4.82. The summed E-state index contributed by atoms with van der Waals surface area (Å²) in [6.45, 7) is 0. The van der Waals surface area contributed by atoms with E-state index in [0.29, 0.717) is 10.9 Å². The van der Waals surface area contributed by atoms with Crippen LogP contribution in [0.15, 0.2) is 24.4 Å². The summed E-state index contributed by atoms with van der Waals surface area (Å²) in [5.74, 6) is 0.497. The SMILES string of the molecule is COC(=O)C12CCC(C=Cc3c(Cl)cnc4ccc(OC)nc34)(CC1)CC2. The van der Waals surface area contributed by atoms with E-state index < -0.39 is 0 Å². The summed E-state index contributed by atoms with van der Waals surface area (Å²) in [6, 6.07) is 3.68. The second kappa shape index (κ2) is 6.79. The maximum absolute atomic E-state index is 12.2. The van der Waals surface area contributed by atoms with Gasteiger partial charge >= 0.3 is 5.97 Å². The molecule has 0 N–H and O–H groups in total. The molecule has 6 heteroatoms. The lowest BCUT2D eigenvalue weighted by atomic mass is 9.53. The fourth-order valence-corrected chi connectivity index (χ4v) is 4.77. The molecule has 0 atom stereocenters. The van der Waals surface area contributed by atoms with Crippen LogP contribution in [-0.4, -0.2) is 30.2 Å². The van der Waals surface area contributed by atoms with E-state index in [9.17, 15) is 4.79 Å². The minimum atomic E-state index is -0.264. The lowest BCUT2D eigenvalue weighted by Gasteiger charge is -2.50. The van der Waals surface area contributed by atoms with Crippen molar-refractivity contribution in [1.82, 2.24) is 9.97 Å². The Morgan fingerprint density at radius 3 is 2.48 bits per heavy atom. The summed E-state index contributed by atoms with van der Waals surface area (Å²) in [5.41, 5.74) is 2.25. The Kier molecular flexibility index (Phi) is 4.58. The van der Waals surface area contributed by atoms with E-state index in [4.69, 9.17) is 21.1 Å². The van der Waals surface area contributed by atoms with Gasteiger partial charge in [0, 0.05) is 17.8 Å². The number of allylic oxidation sites excluding steroid dienone is 1. The Morgan fingerprint density at radius 2 is 1.85 bits per heavy atom. The third kappa shape index (κ3) is 3.08. The molecule has 27 heavy (non-hydrogen) atoms. The Bertz CT molecular complexity index is 900. The molecular formula is C21H23ClN2O3. The third-order valence-corrected chi connectivity index (χ3v) is 6.71. The first-order valence-corrected chi connectivity index (χ1v) is 9.66. The van der Waals surface area contributed by atoms with Crippen molar-refractivity contribution in [2.24, 2.45) is 10.8 Å². The van der Waals surface area contributed by atoms with Crippen molar-refractivity contribution in [3.05, 3.63) is 35.0 Å². The Labute approximate surface area is 163 Å². The average molecular weight is 387 g/mol. The number of fused-ring (bicyclic) bond motifs is 4. The fraction of sp³-hybridized carbons (Fsp3) is 0.476. The van der Waals surface area contributed by atoms with Crippen LogP contribution in [0.25, 0.3) is 17.1 Å². The molecule has 5 nitrogen and oxygen atoms in total. The molecule has 0 aromatic carbocycles. The summed E-state index contributed by atoms with van der Waals surface area (Å²) < 4.78 is 10.3. The van der Waals surface area contributed by atoms with Gasteiger partial charge in [-0.15, -0.1) is 0 Å². The molecule has 3 saturated carbocycles. The number of hydrogen-bond acceptors (Lipinski definition) is 5. The average Bonchev–Trinajstić information content (AvgIpc) is 2.73. The molecule has 0 aliphatic heterocycles. The van der Waals surface area contributed by atoms with Crippen LogP contribution in [0.3, 0.4) is 0 Å². The van der Waals surface area contributed by atoms with Gasteiger partial charge in [-0.25, -0.2) is 4.98 Å². The molecular weight excluding hydrogens is 364 g/mol. The van der Waals surface area contributed by atoms with Crippen molar-refractivity contribution < 1.29 is 14.3 Å². The molecule has 3 fully saturated rings. The van der Waals surface area contributed by atoms with E-state index >= 15 is 0 Å². The number of nitrogens with zero attached hydrogens (tertiary/aromatic N) is 2. The van der Waals surface area contributed by atoms with Crippen molar-refractivity contribution in [1.29, 1.82) is 0 Å². The maximum Gasteiger partial charge on any atom is 0.311 e. The number of carbonyl (C=O) groups is 1.